The number of aryl methyl sites for hydroxylation is 2. The van der Waals surface area contributed by atoms with Crippen LogP contribution in [0.3, 0.4) is 0 Å². The van der Waals surface area contributed by atoms with Gasteiger partial charge in [0.2, 0.25) is 0 Å². The van der Waals surface area contributed by atoms with Crippen molar-refractivity contribution >= 4 is 5.97 Å². The lowest BCUT2D eigenvalue weighted by Crippen LogP contribution is -2.38. The molecule has 0 radical (unpaired) electrons. The molecule has 32 heavy (non-hydrogen) atoms. The van der Waals surface area contributed by atoms with Crippen LogP contribution in [-0.2, 0) is 17.5 Å². The summed E-state index contributed by atoms with van der Waals surface area (Å²) in [6.07, 6.45) is -3.35. The van der Waals surface area contributed by atoms with Crippen LogP contribution in [0.1, 0.15) is 36.1 Å². The van der Waals surface area contributed by atoms with Crippen LogP contribution < -0.4 is 10.4 Å². The molecule has 0 aliphatic carbocycles. The fraction of sp³-hybridized carbons (Fsp3) is 0.318. The quantitative estimate of drug-likeness (QED) is 0.616. The summed E-state index contributed by atoms with van der Waals surface area (Å²) in [6.45, 7) is 6.49. The van der Waals surface area contributed by atoms with Crippen molar-refractivity contribution in [2.45, 2.75) is 46.0 Å². The third-order valence-electron chi connectivity index (χ3n) is 4.91. The largest absolute Gasteiger partial charge is 0.478 e. The monoisotopic (exact) mass is 449 g/mol. The van der Waals surface area contributed by atoms with Crippen molar-refractivity contribution in [3.05, 3.63) is 75.5 Å². The van der Waals surface area contributed by atoms with Gasteiger partial charge in [-0.1, -0.05) is 18.2 Å². The minimum atomic E-state index is -4.52. The first kappa shape index (κ1) is 23.1. The lowest BCUT2D eigenvalue weighted by Gasteiger charge is -2.24. The third-order valence-corrected chi connectivity index (χ3v) is 4.91. The molecule has 0 aliphatic rings. The van der Waals surface area contributed by atoms with Gasteiger partial charge < -0.3 is 9.84 Å². The smallest absolute Gasteiger partial charge is 0.416 e. The van der Waals surface area contributed by atoms with Crippen LogP contribution in [0.2, 0.25) is 0 Å². The predicted octanol–water partition coefficient (Wildman–Crippen LogP) is 3.96. The van der Waals surface area contributed by atoms with E-state index in [-0.39, 0.29) is 12.2 Å². The number of halogens is 3. The number of benzene rings is 2. The second kappa shape index (κ2) is 8.18. The van der Waals surface area contributed by atoms with E-state index in [9.17, 15) is 27.9 Å². The Hall–Kier alpha value is -3.56. The van der Waals surface area contributed by atoms with Gasteiger partial charge >= 0.3 is 17.8 Å². The topological polar surface area (TPSA) is 86.4 Å². The average Bonchev–Trinajstić information content (AvgIpc) is 3.04. The zero-order valence-electron chi connectivity index (χ0n) is 17.9. The number of carboxylic acids is 1. The molecule has 0 amide bonds. The van der Waals surface area contributed by atoms with E-state index in [1.165, 1.54) is 32.3 Å². The lowest BCUT2D eigenvalue weighted by molar-refractivity contribution is -0.152. The summed E-state index contributed by atoms with van der Waals surface area (Å²) in [5.41, 5.74) is -0.746. The number of aliphatic carboxylic acids is 1. The molecule has 0 aliphatic heterocycles. The molecular formula is C22H22F3N3O4. The van der Waals surface area contributed by atoms with Gasteiger partial charge in [0.25, 0.3) is 0 Å². The fourth-order valence-electron chi connectivity index (χ4n) is 3.22. The van der Waals surface area contributed by atoms with Crippen molar-refractivity contribution < 1.29 is 27.8 Å². The molecule has 0 bridgehead atoms. The van der Waals surface area contributed by atoms with Crippen LogP contribution in [0.15, 0.2) is 47.5 Å². The Balaban J connectivity index is 1.89. The highest BCUT2D eigenvalue weighted by atomic mass is 19.4. The zero-order chi connectivity index (χ0) is 23.8. The summed E-state index contributed by atoms with van der Waals surface area (Å²) in [7, 11) is 0. The number of hydrogen-bond acceptors (Lipinski definition) is 4. The number of ether oxygens (including phenoxy) is 1. The van der Waals surface area contributed by atoms with Gasteiger partial charge in [-0.05, 0) is 62.6 Å². The number of nitrogens with zero attached hydrogens (tertiary/aromatic N) is 3. The summed E-state index contributed by atoms with van der Waals surface area (Å²) >= 11 is 0. The van der Waals surface area contributed by atoms with Crippen LogP contribution in [0.4, 0.5) is 13.2 Å². The van der Waals surface area contributed by atoms with Crippen LogP contribution in [0.5, 0.6) is 5.75 Å². The number of carbonyl (C=O) groups is 1. The minimum Gasteiger partial charge on any atom is -0.478 e. The van der Waals surface area contributed by atoms with Crippen molar-refractivity contribution in [3.8, 4) is 11.4 Å². The first-order valence-corrected chi connectivity index (χ1v) is 9.64. The normalized spacial score (nSPS) is 12.1. The molecule has 0 saturated carbocycles. The van der Waals surface area contributed by atoms with Crippen molar-refractivity contribution in [3.63, 3.8) is 0 Å². The summed E-state index contributed by atoms with van der Waals surface area (Å²) in [6, 6.07) is 7.93. The molecular weight excluding hydrogens is 427 g/mol. The molecule has 1 aromatic heterocycles. The second-order valence-electron chi connectivity index (χ2n) is 7.97. The molecule has 3 rings (SSSR count). The van der Waals surface area contributed by atoms with E-state index in [0.717, 1.165) is 21.4 Å². The lowest BCUT2D eigenvalue weighted by atomic mass is 10.0. The van der Waals surface area contributed by atoms with Gasteiger partial charge in [-0.2, -0.15) is 18.3 Å². The van der Waals surface area contributed by atoms with Gasteiger partial charge in [0, 0.05) is 0 Å². The summed E-state index contributed by atoms with van der Waals surface area (Å²) < 4.78 is 46.8. The van der Waals surface area contributed by atoms with Crippen LogP contribution in [0.25, 0.3) is 5.69 Å². The van der Waals surface area contributed by atoms with Gasteiger partial charge in [0.1, 0.15) is 12.1 Å². The number of alkyl halides is 3. The Bertz CT molecular complexity index is 1200. The summed E-state index contributed by atoms with van der Waals surface area (Å²) in [5, 5.41) is 13.3. The first-order valence-electron chi connectivity index (χ1n) is 9.64. The molecule has 1 heterocycles. The van der Waals surface area contributed by atoms with Gasteiger partial charge in [-0.25, -0.2) is 18.8 Å². The molecule has 3 aromatic rings. The van der Waals surface area contributed by atoms with Gasteiger partial charge in [0.15, 0.2) is 5.60 Å². The Morgan fingerprint density at radius 1 is 1.12 bits per heavy atom. The highest BCUT2D eigenvalue weighted by molar-refractivity contribution is 5.77. The number of hydrogen-bond donors (Lipinski definition) is 1. The molecule has 7 nitrogen and oxygen atoms in total. The van der Waals surface area contributed by atoms with Crippen molar-refractivity contribution in [2.24, 2.45) is 0 Å². The third kappa shape index (κ3) is 4.68. The SMILES string of the molecule is Cc1cc(Cn2ncn(-c3cccc(C(F)(F)F)c3)c2=O)cc(C)c1OC(C)(C)C(=O)O. The molecule has 0 saturated heterocycles. The molecule has 0 fully saturated rings. The number of rotatable bonds is 6. The van der Waals surface area contributed by atoms with Crippen molar-refractivity contribution in [1.29, 1.82) is 0 Å². The maximum Gasteiger partial charge on any atom is 0.416 e. The molecule has 10 heteroatoms. The van der Waals surface area contributed by atoms with Crippen LogP contribution >= 0.6 is 0 Å². The Kier molecular flexibility index (Phi) is 5.90. The molecule has 1 N–H and O–H groups in total. The summed E-state index contributed by atoms with van der Waals surface area (Å²) in [4.78, 5) is 24.1. The van der Waals surface area contributed by atoms with Gasteiger partial charge in [-0.15, -0.1) is 0 Å². The van der Waals surface area contributed by atoms with E-state index in [4.69, 9.17) is 4.74 Å². The van der Waals surface area contributed by atoms with E-state index < -0.39 is 29.0 Å². The molecule has 0 spiro atoms. The predicted molar refractivity (Wildman–Crippen MR) is 110 cm³/mol. The second-order valence-corrected chi connectivity index (χ2v) is 7.97. The number of carboxylic acid groups (broad SMARTS) is 1. The first-order chi connectivity index (χ1) is 14.8. The van der Waals surface area contributed by atoms with E-state index in [0.29, 0.717) is 22.4 Å². The van der Waals surface area contributed by atoms with E-state index in [1.54, 1.807) is 26.0 Å². The molecule has 0 atom stereocenters. The van der Waals surface area contributed by atoms with Crippen molar-refractivity contribution in [2.75, 3.05) is 0 Å². The molecule has 170 valence electrons. The van der Waals surface area contributed by atoms with Gasteiger partial charge in [0.05, 0.1) is 17.8 Å². The standard InChI is InChI=1S/C22H22F3N3O4/c1-13-8-15(9-14(2)18(13)32-21(3,4)19(29)30)11-28-20(31)27(12-26-28)17-7-5-6-16(10-17)22(23,24)25/h5-10,12H,11H2,1-4H3,(H,29,30). The Morgan fingerprint density at radius 2 is 1.75 bits per heavy atom. The van der Waals surface area contributed by atoms with E-state index >= 15 is 0 Å². The zero-order valence-corrected chi connectivity index (χ0v) is 17.9. The molecule has 0 unspecified atom stereocenters. The number of aromatic nitrogens is 3. The van der Waals surface area contributed by atoms with Crippen molar-refractivity contribution in [1.82, 2.24) is 14.3 Å². The van der Waals surface area contributed by atoms with Crippen LogP contribution in [0, 0.1) is 13.8 Å². The Morgan fingerprint density at radius 3 is 2.31 bits per heavy atom. The maximum absolute atomic E-state index is 13.0. The van der Waals surface area contributed by atoms with E-state index in [2.05, 4.69) is 5.10 Å². The van der Waals surface area contributed by atoms with Gasteiger partial charge in [-0.3, -0.25) is 0 Å². The summed E-state index contributed by atoms with van der Waals surface area (Å²) in [5.74, 6) is -0.671. The maximum atomic E-state index is 13.0. The van der Waals surface area contributed by atoms with E-state index in [1.807, 2.05) is 0 Å². The average molecular weight is 449 g/mol. The molecule has 2 aromatic carbocycles. The Labute approximate surface area is 181 Å². The highest BCUT2D eigenvalue weighted by Gasteiger charge is 2.31. The minimum absolute atomic E-state index is 0.0584. The fourth-order valence-corrected chi connectivity index (χ4v) is 3.22. The van der Waals surface area contributed by atoms with Crippen LogP contribution in [-0.4, -0.2) is 31.0 Å². The highest BCUT2D eigenvalue weighted by Crippen LogP contribution is 2.30.